The van der Waals surface area contributed by atoms with Crippen LogP contribution in [0, 0.1) is 0 Å². The van der Waals surface area contributed by atoms with Crippen LogP contribution in [0.4, 0.5) is 0 Å². The van der Waals surface area contributed by atoms with E-state index < -0.39 is 6.10 Å². The Balaban J connectivity index is 1.27. The maximum Gasteiger partial charge on any atom is 0.247 e. The molecular formula is C22H26N4O3. The summed E-state index contributed by atoms with van der Waals surface area (Å²) in [7, 11) is 1.64. The molecule has 1 aromatic heterocycles. The molecule has 7 nitrogen and oxygen atoms in total. The first-order valence-electron chi connectivity index (χ1n) is 9.86. The molecule has 0 radical (unpaired) electrons. The third-order valence-electron chi connectivity index (χ3n) is 5.24. The fourth-order valence-electron chi connectivity index (χ4n) is 3.51. The number of aliphatic hydroxyl groups is 1. The molecular weight excluding hydrogens is 368 g/mol. The number of aliphatic hydroxyl groups excluding tert-OH is 1. The van der Waals surface area contributed by atoms with E-state index in [4.69, 9.17) is 9.15 Å². The highest BCUT2D eigenvalue weighted by Gasteiger charge is 2.21. The number of rotatable bonds is 7. The van der Waals surface area contributed by atoms with Crippen LogP contribution in [-0.2, 0) is 6.54 Å². The molecule has 0 spiro atoms. The molecule has 1 N–H and O–H groups in total. The Morgan fingerprint density at radius 3 is 2.34 bits per heavy atom. The van der Waals surface area contributed by atoms with E-state index in [9.17, 15) is 5.11 Å². The van der Waals surface area contributed by atoms with Crippen molar-refractivity contribution in [1.82, 2.24) is 20.0 Å². The number of piperazine rings is 1. The monoisotopic (exact) mass is 394 g/mol. The summed E-state index contributed by atoms with van der Waals surface area (Å²) in [4.78, 5) is 4.60. The van der Waals surface area contributed by atoms with E-state index in [-0.39, 0.29) is 0 Å². The predicted molar refractivity (Wildman–Crippen MR) is 109 cm³/mol. The number of aromatic nitrogens is 2. The van der Waals surface area contributed by atoms with Crippen LogP contribution in [0.1, 0.15) is 17.6 Å². The molecule has 0 amide bonds. The average molecular weight is 394 g/mol. The van der Waals surface area contributed by atoms with Crippen molar-refractivity contribution in [2.24, 2.45) is 0 Å². The Labute approximate surface area is 170 Å². The summed E-state index contributed by atoms with van der Waals surface area (Å²) in [5, 5.41) is 18.8. The van der Waals surface area contributed by atoms with E-state index in [0.717, 1.165) is 43.1 Å². The molecule has 7 heteroatoms. The van der Waals surface area contributed by atoms with Gasteiger partial charge in [-0.15, -0.1) is 10.2 Å². The van der Waals surface area contributed by atoms with Crippen LogP contribution in [0.15, 0.2) is 59.0 Å². The summed E-state index contributed by atoms with van der Waals surface area (Å²) in [6.07, 6.45) is -0.453. The summed E-state index contributed by atoms with van der Waals surface area (Å²) in [5.41, 5.74) is 1.84. The van der Waals surface area contributed by atoms with Gasteiger partial charge in [-0.3, -0.25) is 9.80 Å². The number of benzene rings is 2. The Kier molecular flexibility index (Phi) is 6.19. The third kappa shape index (κ3) is 5.00. The predicted octanol–water partition coefficient (Wildman–Crippen LogP) is 2.60. The SMILES string of the molecule is COc1ccc(-c2nnc(CN3CCN(CC(O)c4ccccc4)CC3)o2)cc1. The molecule has 4 rings (SSSR count). The zero-order valence-corrected chi connectivity index (χ0v) is 16.6. The second kappa shape index (κ2) is 9.17. The molecule has 0 aliphatic carbocycles. The second-order valence-corrected chi connectivity index (χ2v) is 7.23. The fraction of sp³-hybridized carbons (Fsp3) is 0.364. The maximum absolute atomic E-state index is 10.4. The van der Waals surface area contributed by atoms with Gasteiger partial charge in [0, 0.05) is 38.3 Å². The van der Waals surface area contributed by atoms with Crippen LogP contribution in [0.25, 0.3) is 11.5 Å². The number of hydrogen-bond acceptors (Lipinski definition) is 7. The van der Waals surface area contributed by atoms with Crippen LogP contribution >= 0.6 is 0 Å². The van der Waals surface area contributed by atoms with Crippen LogP contribution in [-0.4, -0.2) is 64.9 Å². The quantitative estimate of drug-likeness (QED) is 0.660. The molecule has 2 heterocycles. The molecule has 1 atom stereocenters. The second-order valence-electron chi connectivity index (χ2n) is 7.23. The van der Waals surface area contributed by atoms with Crippen LogP contribution in [0.5, 0.6) is 5.75 Å². The summed E-state index contributed by atoms with van der Waals surface area (Å²) in [6, 6.07) is 17.4. The Morgan fingerprint density at radius 2 is 1.66 bits per heavy atom. The first kappa shape index (κ1) is 19.6. The van der Waals surface area contributed by atoms with Gasteiger partial charge in [-0.2, -0.15) is 0 Å². The first-order chi connectivity index (χ1) is 14.2. The number of ether oxygens (including phenoxy) is 1. The Morgan fingerprint density at radius 1 is 0.966 bits per heavy atom. The summed E-state index contributed by atoms with van der Waals surface area (Å²) in [5.74, 6) is 1.93. The molecule has 0 bridgehead atoms. The van der Waals surface area contributed by atoms with Gasteiger partial charge in [0.1, 0.15) is 5.75 Å². The minimum atomic E-state index is -0.453. The molecule has 2 aromatic carbocycles. The van der Waals surface area contributed by atoms with Crippen molar-refractivity contribution in [1.29, 1.82) is 0 Å². The number of β-amino-alcohol motifs (C(OH)–C–C–N with tert-alkyl or cyclic N) is 1. The van der Waals surface area contributed by atoms with E-state index in [1.54, 1.807) is 7.11 Å². The van der Waals surface area contributed by atoms with Crippen molar-refractivity contribution in [3.8, 4) is 17.2 Å². The lowest BCUT2D eigenvalue weighted by atomic mass is 10.1. The van der Waals surface area contributed by atoms with E-state index in [0.29, 0.717) is 24.9 Å². The van der Waals surface area contributed by atoms with Gasteiger partial charge in [0.15, 0.2) is 0 Å². The standard InChI is InChI=1S/C22H26N4O3/c1-28-19-9-7-18(8-10-19)22-24-23-21(29-22)16-26-13-11-25(12-14-26)15-20(27)17-5-3-2-4-6-17/h2-10,20,27H,11-16H2,1H3. The minimum absolute atomic E-state index is 0.453. The van der Waals surface area contributed by atoms with Gasteiger partial charge >= 0.3 is 0 Å². The van der Waals surface area contributed by atoms with Crippen LogP contribution in [0.3, 0.4) is 0 Å². The van der Waals surface area contributed by atoms with Gasteiger partial charge in [0.25, 0.3) is 0 Å². The molecule has 29 heavy (non-hydrogen) atoms. The Bertz CT molecular complexity index is 890. The molecule has 1 aliphatic heterocycles. The summed E-state index contributed by atoms with van der Waals surface area (Å²) < 4.78 is 11.0. The molecule has 1 unspecified atom stereocenters. The van der Waals surface area contributed by atoms with Gasteiger partial charge < -0.3 is 14.3 Å². The molecule has 0 saturated carbocycles. The van der Waals surface area contributed by atoms with Crippen molar-refractivity contribution >= 4 is 0 Å². The van der Waals surface area contributed by atoms with Crippen LogP contribution in [0.2, 0.25) is 0 Å². The highest BCUT2D eigenvalue weighted by Crippen LogP contribution is 2.22. The van der Waals surface area contributed by atoms with Crippen molar-refractivity contribution in [3.05, 3.63) is 66.1 Å². The number of methoxy groups -OCH3 is 1. The first-order valence-corrected chi connectivity index (χ1v) is 9.86. The largest absolute Gasteiger partial charge is 0.497 e. The Hall–Kier alpha value is -2.74. The van der Waals surface area contributed by atoms with Gasteiger partial charge in [-0.05, 0) is 29.8 Å². The van der Waals surface area contributed by atoms with Crippen molar-refractivity contribution in [2.45, 2.75) is 12.6 Å². The lowest BCUT2D eigenvalue weighted by molar-refractivity contribution is 0.0672. The van der Waals surface area contributed by atoms with Crippen molar-refractivity contribution in [2.75, 3.05) is 39.8 Å². The van der Waals surface area contributed by atoms with Gasteiger partial charge in [0.2, 0.25) is 11.8 Å². The normalized spacial score (nSPS) is 16.6. The molecule has 152 valence electrons. The van der Waals surface area contributed by atoms with Gasteiger partial charge in [0.05, 0.1) is 19.8 Å². The molecule has 1 fully saturated rings. The lowest BCUT2D eigenvalue weighted by Gasteiger charge is -2.34. The molecule has 1 aliphatic rings. The highest BCUT2D eigenvalue weighted by molar-refractivity contribution is 5.53. The zero-order valence-electron chi connectivity index (χ0n) is 16.6. The third-order valence-corrected chi connectivity index (χ3v) is 5.24. The summed E-state index contributed by atoms with van der Waals surface area (Å²) >= 11 is 0. The molecule has 3 aromatic rings. The van der Waals surface area contributed by atoms with Crippen molar-refractivity contribution in [3.63, 3.8) is 0 Å². The van der Waals surface area contributed by atoms with E-state index in [1.165, 1.54) is 0 Å². The summed E-state index contributed by atoms with van der Waals surface area (Å²) in [6.45, 7) is 4.91. The highest BCUT2D eigenvalue weighted by atomic mass is 16.5. The maximum atomic E-state index is 10.4. The van der Waals surface area contributed by atoms with Crippen molar-refractivity contribution < 1.29 is 14.3 Å². The topological polar surface area (TPSA) is 74.9 Å². The molecule has 1 saturated heterocycles. The smallest absolute Gasteiger partial charge is 0.247 e. The van der Waals surface area contributed by atoms with E-state index >= 15 is 0 Å². The van der Waals surface area contributed by atoms with Crippen LogP contribution < -0.4 is 4.74 Å². The zero-order chi connectivity index (χ0) is 20.1. The van der Waals surface area contributed by atoms with E-state index in [1.807, 2.05) is 54.6 Å². The number of hydrogen-bond donors (Lipinski definition) is 1. The minimum Gasteiger partial charge on any atom is -0.497 e. The van der Waals surface area contributed by atoms with E-state index in [2.05, 4.69) is 20.0 Å². The van der Waals surface area contributed by atoms with Gasteiger partial charge in [-0.25, -0.2) is 0 Å². The lowest BCUT2D eigenvalue weighted by Crippen LogP contribution is -2.47. The fourth-order valence-corrected chi connectivity index (χ4v) is 3.51. The average Bonchev–Trinajstić information content (AvgIpc) is 3.24. The van der Waals surface area contributed by atoms with Gasteiger partial charge in [-0.1, -0.05) is 30.3 Å². The number of nitrogens with zero attached hydrogens (tertiary/aromatic N) is 4.